The molecule has 6 aromatic rings. The highest BCUT2D eigenvalue weighted by Crippen LogP contribution is 2.37. The molecule has 36 heteroatoms. The molecule has 8 rings (SSSR count). The van der Waals surface area contributed by atoms with Gasteiger partial charge in [0, 0.05) is 77.1 Å². The summed E-state index contributed by atoms with van der Waals surface area (Å²) in [5, 5.41) is 22.9. The second-order valence-corrected chi connectivity index (χ2v) is 30.1. The molecule has 2 saturated heterocycles. The summed E-state index contributed by atoms with van der Waals surface area (Å²) in [4.78, 5) is 49.6. The van der Waals surface area contributed by atoms with Gasteiger partial charge in [-0.15, -0.1) is 22.7 Å². The van der Waals surface area contributed by atoms with Crippen molar-refractivity contribution in [3.05, 3.63) is 141 Å². The van der Waals surface area contributed by atoms with Crippen molar-refractivity contribution in [3.63, 3.8) is 0 Å². The highest BCUT2D eigenvalue weighted by Gasteiger charge is 2.48. The van der Waals surface area contributed by atoms with Gasteiger partial charge in [0.15, 0.2) is 0 Å². The Kier molecular flexibility index (Phi) is 22.8. The van der Waals surface area contributed by atoms with Crippen molar-refractivity contribution < 1.29 is 93.8 Å². The van der Waals surface area contributed by atoms with Gasteiger partial charge in [0.1, 0.15) is 19.9 Å². The second kappa shape index (κ2) is 29.2. The number of thiophene rings is 2. The number of piperidine rings is 2. The summed E-state index contributed by atoms with van der Waals surface area (Å²) in [6.45, 7) is -0.627. The fraction of sp³-hybridized carbons (Fsp3) is 0.333. The number of methoxy groups -OCH3 is 2. The average molecular weight is 1380 g/mol. The maximum Gasteiger partial charge on any atom is 0.501 e. The van der Waals surface area contributed by atoms with Crippen LogP contribution >= 0.6 is 22.7 Å². The molecule has 24 nitrogen and oxygen atoms in total. The molecule has 2 aliphatic rings. The Morgan fingerprint density at radius 1 is 0.544 bits per heavy atom. The maximum absolute atomic E-state index is 13.8. The maximum atomic E-state index is 13.8. The van der Waals surface area contributed by atoms with Crippen molar-refractivity contribution in [2.24, 2.45) is 5.84 Å². The summed E-state index contributed by atoms with van der Waals surface area (Å²) in [5.41, 5.74) is -8.41. The number of carbonyl (C=O) groups is 4. The van der Waals surface area contributed by atoms with Gasteiger partial charge in [0.25, 0.3) is 63.3 Å². The third-order valence-electron chi connectivity index (χ3n) is 13.7. The first-order valence-corrected chi connectivity index (χ1v) is 34.2. The molecule has 0 spiro atoms. The number of aliphatic hydroxyl groups excluding tert-OH is 1. The molecule has 2 fully saturated rings. The van der Waals surface area contributed by atoms with E-state index in [0.29, 0.717) is 32.4 Å². The summed E-state index contributed by atoms with van der Waals surface area (Å²) >= 11 is 1.63. The number of hydrogen-bond acceptors (Lipinski definition) is 20. The second-order valence-electron chi connectivity index (χ2n) is 19.7. The van der Waals surface area contributed by atoms with E-state index in [0.717, 1.165) is 46.9 Å². The van der Waals surface area contributed by atoms with Gasteiger partial charge in [-0.1, -0.05) is 24.3 Å². The molecule has 0 saturated carbocycles. The minimum atomic E-state index is -5.54. The number of nitrogens with two attached hydrogens (primary N) is 1. The summed E-state index contributed by atoms with van der Waals surface area (Å²) in [6, 6.07) is 23.4. The normalized spacial score (nSPS) is 15.0. The van der Waals surface area contributed by atoms with Gasteiger partial charge in [0.05, 0.1) is 54.8 Å². The van der Waals surface area contributed by atoms with Crippen LogP contribution in [0.15, 0.2) is 127 Å². The van der Waals surface area contributed by atoms with E-state index < -0.39 is 84.2 Å². The first-order valence-electron chi connectivity index (χ1n) is 26.7. The van der Waals surface area contributed by atoms with E-state index in [1.807, 2.05) is 5.43 Å². The van der Waals surface area contributed by atoms with E-state index in [4.69, 9.17) is 20.4 Å². The van der Waals surface area contributed by atoms with Crippen LogP contribution in [0.5, 0.6) is 11.5 Å². The highest BCUT2D eigenvalue weighted by atomic mass is 32.3. The number of hydrogen-bond donors (Lipinski definition) is 8. The molecule has 4 heterocycles. The Morgan fingerprint density at radius 3 is 1.28 bits per heavy atom. The van der Waals surface area contributed by atoms with E-state index >= 15 is 0 Å². The van der Waals surface area contributed by atoms with Gasteiger partial charge >= 0.3 is 11.0 Å². The summed E-state index contributed by atoms with van der Waals surface area (Å²) < 4.78 is 192. The first-order chi connectivity index (χ1) is 42.3. The van der Waals surface area contributed by atoms with E-state index in [2.05, 4.69) is 26.6 Å². The van der Waals surface area contributed by atoms with Gasteiger partial charge in [0.2, 0.25) is 0 Å². The van der Waals surface area contributed by atoms with E-state index in [1.54, 1.807) is 36.4 Å². The van der Waals surface area contributed by atoms with Crippen molar-refractivity contribution in [1.82, 2.24) is 30.0 Å². The molecular formula is C54H59F6N9O15S6. The minimum Gasteiger partial charge on any atom is -0.497 e. The topological polar surface area (TPSA) is 348 Å². The monoisotopic (exact) mass is 1380 g/mol. The van der Waals surface area contributed by atoms with Crippen LogP contribution < -0.4 is 47.3 Å². The summed E-state index contributed by atoms with van der Waals surface area (Å²) in [6.07, 6.45) is 0.943. The van der Waals surface area contributed by atoms with Crippen LogP contribution in [0.3, 0.4) is 0 Å². The number of ether oxygens (including phenoxy) is 2. The highest BCUT2D eigenvalue weighted by molar-refractivity contribution is 7.93. The third-order valence-corrected chi connectivity index (χ3v) is 23.8. The molecule has 488 valence electrons. The molecule has 0 aliphatic carbocycles. The zero-order valence-corrected chi connectivity index (χ0v) is 52.3. The van der Waals surface area contributed by atoms with Crippen molar-refractivity contribution >= 4 is 97.4 Å². The number of benzene rings is 4. The number of hydrazine groups is 1. The predicted octanol–water partition coefficient (Wildman–Crippen LogP) is 5.82. The number of rotatable bonds is 22. The average Bonchev–Trinajstić information content (AvgIpc) is 1.58. The standard InChI is InChI=1S/C28H31F3N4O8S3.C26H28F3N5O7S3/c1-43-21-6-2-4-18(14-21)25(37)33-17-22-16-24(26(38)32-10-13-36)27(44-22)46(41,42)35-11-8-19(9-12-35)34-20-5-3-7-23(15-20)45(39,40)28(29,30)31;1-41-19-6-2-4-16(12-19)23(35)31-15-20-14-22(24(36)33-30)25(42-20)44(39,40)34-10-8-17(9-11-34)32-18-5-3-7-21(13-18)43(37,38)26(27,28)29/h2-7,14-16,19,34,36H,8-13,17H2,1H3,(H,32,38)(H,33,37);2-7,12-14,17,32H,8-11,15,30H2,1H3,(H,31,35)(H,33,36). The first kappa shape index (κ1) is 70.0. The molecule has 2 aliphatic heterocycles. The molecule has 0 unspecified atom stereocenters. The number of halogens is 6. The number of aliphatic hydroxyl groups is 1. The van der Waals surface area contributed by atoms with E-state index in [9.17, 15) is 79.2 Å². The summed E-state index contributed by atoms with van der Waals surface area (Å²) in [5.74, 6) is 3.79. The van der Waals surface area contributed by atoms with Crippen LogP contribution in [0.1, 0.15) is 76.9 Å². The Hall–Kier alpha value is -7.42. The largest absolute Gasteiger partial charge is 0.501 e. The Balaban J connectivity index is 0.000000256. The third kappa shape index (κ3) is 16.7. The molecular weight excluding hydrogens is 1320 g/mol. The van der Waals surface area contributed by atoms with Gasteiger partial charge in [-0.05, 0) is 111 Å². The smallest absolute Gasteiger partial charge is 0.497 e. The lowest BCUT2D eigenvalue weighted by atomic mass is 10.1. The fourth-order valence-electron chi connectivity index (χ4n) is 9.09. The molecule has 4 aromatic carbocycles. The fourth-order valence-corrected chi connectivity index (χ4v) is 17.2. The lowest BCUT2D eigenvalue weighted by Crippen LogP contribution is -2.42. The number of alkyl halides is 6. The lowest BCUT2D eigenvalue weighted by molar-refractivity contribution is -0.0442. The summed E-state index contributed by atoms with van der Waals surface area (Å²) in [7, 11) is -16.6. The Bertz CT molecular complexity index is 4060. The van der Waals surface area contributed by atoms with Crippen molar-refractivity contribution in [3.8, 4) is 11.5 Å². The molecule has 0 atom stereocenters. The van der Waals surface area contributed by atoms with Gasteiger partial charge < -0.3 is 41.2 Å². The Labute approximate surface area is 521 Å². The van der Waals surface area contributed by atoms with Crippen LogP contribution in [-0.2, 0) is 52.8 Å². The molecule has 2 aromatic heterocycles. The number of carbonyl (C=O) groups excluding carboxylic acids is 4. The Morgan fingerprint density at radius 2 is 0.922 bits per heavy atom. The number of nitrogen functional groups attached to an aromatic ring is 1. The number of nitrogens with one attached hydrogen (secondary N) is 6. The number of nitrogens with zero attached hydrogens (tertiary/aromatic N) is 2. The van der Waals surface area contributed by atoms with Gasteiger partial charge in [-0.3, -0.25) is 24.6 Å². The van der Waals surface area contributed by atoms with Crippen LogP contribution in [0.25, 0.3) is 0 Å². The van der Waals surface area contributed by atoms with Crippen molar-refractivity contribution in [1.29, 1.82) is 0 Å². The number of amides is 4. The molecule has 4 amide bonds. The molecule has 0 bridgehead atoms. The molecule has 90 heavy (non-hydrogen) atoms. The lowest BCUT2D eigenvalue weighted by Gasteiger charge is -2.32. The van der Waals surface area contributed by atoms with Gasteiger partial charge in [-0.2, -0.15) is 35.0 Å². The quantitative estimate of drug-likeness (QED) is 0.0172. The zero-order valence-electron chi connectivity index (χ0n) is 47.4. The number of anilines is 2. The minimum absolute atomic E-state index is 0.00194. The van der Waals surface area contributed by atoms with Crippen molar-refractivity contribution in [2.75, 3.05) is 64.2 Å². The van der Waals surface area contributed by atoms with Crippen LogP contribution in [0.4, 0.5) is 37.7 Å². The predicted molar refractivity (Wildman–Crippen MR) is 318 cm³/mol. The number of sulfone groups is 2. The molecule has 9 N–H and O–H groups in total. The van der Waals surface area contributed by atoms with E-state index in [-0.39, 0.29) is 121 Å². The molecule has 0 radical (unpaired) electrons. The van der Waals surface area contributed by atoms with Crippen molar-refractivity contribution in [2.45, 2.75) is 80.1 Å². The van der Waals surface area contributed by atoms with Crippen LogP contribution in [0, 0.1) is 0 Å². The van der Waals surface area contributed by atoms with Crippen LogP contribution in [0.2, 0.25) is 0 Å². The van der Waals surface area contributed by atoms with Gasteiger partial charge in [-0.25, -0.2) is 39.5 Å². The van der Waals surface area contributed by atoms with E-state index in [1.165, 1.54) is 71.4 Å². The SMILES string of the molecule is COc1cccc(C(=O)NCc2cc(C(=O)NCCO)c(S(=O)(=O)N3CCC(Nc4cccc(S(=O)(=O)C(F)(F)F)c4)CC3)s2)c1.COc1cccc(C(=O)NCc2cc(C(=O)NN)c(S(=O)(=O)N3CCC(Nc4cccc(S(=O)(=O)C(F)(F)F)c4)CC3)s2)c1. The number of sulfonamides is 2. The zero-order chi connectivity index (χ0) is 66.0. The van der Waals surface area contributed by atoms with Crippen LogP contribution in [-0.4, -0.2) is 148 Å².